The predicted octanol–water partition coefficient (Wildman–Crippen LogP) is 3.58. The molecule has 8 heteroatoms. The van der Waals surface area contributed by atoms with Crippen LogP contribution in [-0.4, -0.2) is 60.4 Å². The number of rotatable bonds is 9. The predicted molar refractivity (Wildman–Crippen MR) is 142 cm³/mol. The van der Waals surface area contributed by atoms with Gasteiger partial charge in [-0.1, -0.05) is 54.1 Å². The van der Waals surface area contributed by atoms with Gasteiger partial charge in [-0.3, -0.25) is 9.69 Å². The molecule has 1 aliphatic heterocycles. The number of ether oxygens (including phenoxy) is 1. The van der Waals surface area contributed by atoms with Gasteiger partial charge in [-0.05, 0) is 42.3 Å². The lowest BCUT2D eigenvalue weighted by molar-refractivity contribution is 0.0103. The molecule has 3 aromatic rings. The van der Waals surface area contributed by atoms with E-state index in [4.69, 9.17) is 27.2 Å². The Hall–Kier alpha value is -3.10. The number of anilines is 1. The molecule has 0 unspecified atom stereocenters. The Morgan fingerprint density at radius 2 is 1.83 bits per heavy atom. The van der Waals surface area contributed by atoms with E-state index in [-0.39, 0.29) is 19.3 Å². The van der Waals surface area contributed by atoms with Crippen LogP contribution in [-0.2, 0) is 5.60 Å². The van der Waals surface area contributed by atoms with Crippen LogP contribution >= 0.6 is 11.6 Å². The molecule has 1 fully saturated rings. The van der Waals surface area contributed by atoms with E-state index in [0.29, 0.717) is 36.0 Å². The van der Waals surface area contributed by atoms with Crippen LogP contribution in [0.1, 0.15) is 34.5 Å². The third kappa shape index (κ3) is 5.99. The number of benzene rings is 3. The minimum Gasteiger partial charge on any atom is -0.491 e. The summed E-state index contributed by atoms with van der Waals surface area (Å²) in [5, 5.41) is 20.9. The smallest absolute Gasteiger partial charge is 0.248 e. The summed E-state index contributed by atoms with van der Waals surface area (Å²) in [7, 11) is 0. The molecule has 1 heterocycles. The van der Waals surface area contributed by atoms with Crippen LogP contribution in [0.3, 0.4) is 0 Å². The van der Waals surface area contributed by atoms with Gasteiger partial charge < -0.3 is 25.6 Å². The van der Waals surface area contributed by atoms with Gasteiger partial charge in [-0.15, -0.1) is 0 Å². The lowest BCUT2D eigenvalue weighted by Gasteiger charge is -2.45. The monoisotopic (exact) mass is 509 g/mol. The molecular formula is C28H32ClN3O4. The van der Waals surface area contributed by atoms with Gasteiger partial charge in [0, 0.05) is 37.8 Å². The maximum atomic E-state index is 11.4. The molecule has 0 aliphatic carbocycles. The van der Waals surface area contributed by atoms with E-state index in [1.54, 1.807) is 37.3 Å². The highest BCUT2D eigenvalue weighted by molar-refractivity contribution is 6.33. The van der Waals surface area contributed by atoms with Crippen LogP contribution in [0.15, 0.2) is 72.8 Å². The average Bonchev–Trinajstić information content (AvgIpc) is 2.88. The molecule has 4 rings (SSSR count). The van der Waals surface area contributed by atoms with Crippen molar-refractivity contribution in [1.82, 2.24) is 4.90 Å². The molecule has 3 aromatic carbocycles. The Kier molecular flexibility index (Phi) is 8.16. The van der Waals surface area contributed by atoms with E-state index in [9.17, 15) is 9.90 Å². The number of primary amides is 1. The van der Waals surface area contributed by atoms with E-state index in [2.05, 4.69) is 21.9 Å². The largest absolute Gasteiger partial charge is 0.491 e. The first-order valence-corrected chi connectivity index (χ1v) is 12.4. The number of nitrogens with zero attached hydrogens (tertiary/aromatic N) is 2. The number of aliphatic hydroxyl groups excluding tert-OH is 1. The number of nitrogens with two attached hydrogens (primary N) is 1. The van der Waals surface area contributed by atoms with E-state index in [0.717, 1.165) is 23.4 Å². The van der Waals surface area contributed by atoms with E-state index >= 15 is 0 Å². The maximum absolute atomic E-state index is 11.4. The topological polar surface area (TPSA) is 99.3 Å². The summed E-state index contributed by atoms with van der Waals surface area (Å²) in [6.45, 7) is 4.52. The van der Waals surface area contributed by atoms with Crippen molar-refractivity contribution in [2.24, 2.45) is 5.73 Å². The van der Waals surface area contributed by atoms with Crippen LogP contribution in [0, 0.1) is 0 Å². The fourth-order valence-electron chi connectivity index (χ4n) is 4.73. The number of hydrogen-bond acceptors (Lipinski definition) is 6. The summed E-state index contributed by atoms with van der Waals surface area (Å²) in [5.41, 5.74) is 7.46. The summed E-state index contributed by atoms with van der Waals surface area (Å²) in [6, 6.07) is 22.7. The van der Waals surface area contributed by atoms with Crippen molar-refractivity contribution < 1.29 is 19.7 Å². The molecule has 36 heavy (non-hydrogen) atoms. The fourth-order valence-corrected chi connectivity index (χ4v) is 5.01. The van der Waals surface area contributed by atoms with Gasteiger partial charge in [-0.25, -0.2) is 0 Å². The van der Waals surface area contributed by atoms with Gasteiger partial charge >= 0.3 is 0 Å². The summed E-state index contributed by atoms with van der Waals surface area (Å²) in [4.78, 5) is 16.0. The molecule has 0 bridgehead atoms. The van der Waals surface area contributed by atoms with Crippen LogP contribution in [0.25, 0.3) is 0 Å². The second-order valence-electron chi connectivity index (χ2n) is 9.26. The number of carbonyl (C=O) groups excluding carboxylic acids is 1. The second-order valence-corrected chi connectivity index (χ2v) is 9.66. The van der Waals surface area contributed by atoms with Crippen molar-refractivity contribution in [2.75, 3.05) is 44.3 Å². The van der Waals surface area contributed by atoms with Crippen molar-refractivity contribution in [3.05, 3.63) is 94.5 Å². The zero-order chi connectivity index (χ0) is 25.7. The van der Waals surface area contributed by atoms with Crippen molar-refractivity contribution in [3.63, 3.8) is 0 Å². The molecule has 1 saturated heterocycles. The Balaban J connectivity index is 1.55. The Labute approximate surface area is 216 Å². The second kappa shape index (κ2) is 11.3. The first-order chi connectivity index (χ1) is 17.3. The average molecular weight is 510 g/mol. The van der Waals surface area contributed by atoms with Crippen LogP contribution in [0.2, 0.25) is 5.02 Å². The summed E-state index contributed by atoms with van der Waals surface area (Å²) in [5.74, 6) is 0.126. The molecule has 7 nitrogen and oxygen atoms in total. The molecule has 0 radical (unpaired) electrons. The number of β-amino-alcohol motifs (C(OH)–C–C–N with tert-alkyl or cyclic N) is 1. The standard InChI is InChI=1S/C28H32ClN3O4/c1-28(35,22-9-7-21(8-10-22)27(30)34)19-31-13-14-32(26(18-31)20-5-3-2-4-6-20)25-12-11-23(17-24(25)29)36-16-15-33/h2-12,17,26,33,35H,13-16,18-19H2,1H3,(H2,30,34)/t26-,28+/m0/s1. The zero-order valence-corrected chi connectivity index (χ0v) is 21.1. The van der Waals surface area contributed by atoms with Crippen molar-refractivity contribution in [1.29, 1.82) is 0 Å². The first-order valence-electron chi connectivity index (χ1n) is 12.0. The molecular weight excluding hydrogens is 478 g/mol. The van der Waals surface area contributed by atoms with Crippen LogP contribution in [0.4, 0.5) is 5.69 Å². The highest BCUT2D eigenvalue weighted by Crippen LogP contribution is 2.37. The van der Waals surface area contributed by atoms with Crippen molar-refractivity contribution in [2.45, 2.75) is 18.6 Å². The molecule has 1 amide bonds. The van der Waals surface area contributed by atoms with E-state index in [1.807, 2.05) is 30.3 Å². The van der Waals surface area contributed by atoms with Crippen molar-refractivity contribution in [3.8, 4) is 5.75 Å². The van der Waals surface area contributed by atoms with Gasteiger partial charge in [0.1, 0.15) is 12.4 Å². The SMILES string of the molecule is C[C@@](O)(CN1CCN(c2ccc(OCCO)cc2Cl)[C@H](c2ccccc2)C1)c1ccc(C(N)=O)cc1. The van der Waals surface area contributed by atoms with E-state index < -0.39 is 11.5 Å². The Morgan fingerprint density at radius 1 is 1.11 bits per heavy atom. The number of carbonyl (C=O) groups is 1. The number of aliphatic hydroxyl groups is 2. The number of amides is 1. The fraction of sp³-hybridized carbons (Fsp3) is 0.321. The van der Waals surface area contributed by atoms with Gasteiger partial charge in [-0.2, -0.15) is 0 Å². The van der Waals surface area contributed by atoms with Gasteiger partial charge in [0.2, 0.25) is 5.91 Å². The lowest BCUT2D eigenvalue weighted by Crippen LogP contribution is -2.52. The summed E-state index contributed by atoms with van der Waals surface area (Å²) in [6.07, 6.45) is 0. The quantitative estimate of drug-likeness (QED) is 0.408. The van der Waals surface area contributed by atoms with Crippen LogP contribution < -0.4 is 15.4 Å². The molecule has 0 spiro atoms. The first kappa shape index (κ1) is 26.0. The summed E-state index contributed by atoms with van der Waals surface area (Å²) < 4.78 is 5.51. The molecule has 2 atom stereocenters. The normalized spacial score (nSPS) is 18.0. The number of halogens is 1. The maximum Gasteiger partial charge on any atom is 0.248 e. The minimum atomic E-state index is -1.11. The number of piperazine rings is 1. The van der Waals surface area contributed by atoms with Crippen LogP contribution in [0.5, 0.6) is 5.75 Å². The van der Waals surface area contributed by atoms with E-state index in [1.165, 1.54) is 0 Å². The molecule has 190 valence electrons. The minimum absolute atomic E-state index is 0.0229. The highest BCUT2D eigenvalue weighted by atomic mass is 35.5. The highest BCUT2D eigenvalue weighted by Gasteiger charge is 2.34. The van der Waals surface area contributed by atoms with Gasteiger partial charge in [0.25, 0.3) is 0 Å². The zero-order valence-electron chi connectivity index (χ0n) is 20.3. The number of hydrogen-bond donors (Lipinski definition) is 3. The molecule has 0 aromatic heterocycles. The lowest BCUT2D eigenvalue weighted by atomic mass is 9.93. The van der Waals surface area contributed by atoms with Crippen molar-refractivity contribution >= 4 is 23.2 Å². The third-order valence-corrected chi connectivity index (χ3v) is 6.86. The Morgan fingerprint density at radius 3 is 2.47 bits per heavy atom. The molecule has 0 saturated carbocycles. The third-order valence-electron chi connectivity index (χ3n) is 6.56. The van der Waals surface area contributed by atoms with Gasteiger partial charge in [0.15, 0.2) is 0 Å². The molecule has 1 aliphatic rings. The Bertz CT molecular complexity index is 1170. The summed E-state index contributed by atoms with van der Waals surface area (Å²) >= 11 is 6.68. The van der Waals surface area contributed by atoms with Gasteiger partial charge in [0.05, 0.1) is 29.0 Å². The molecule has 4 N–H and O–H groups in total.